The molecule has 0 aliphatic carbocycles. The molecule has 2 atom stereocenters. The summed E-state index contributed by atoms with van der Waals surface area (Å²) in [5.74, 6) is 1.66. The highest BCUT2D eigenvalue weighted by molar-refractivity contribution is 9.10. The topological polar surface area (TPSA) is 41.1 Å². The molecule has 16 heavy (non-hydrogen) atoms. The first-order valence-electron chi connectivity index (χ1n) is 5.79. The van der Waals surface area contributed by atoms with Crippen LogP contribution in [0.15, 0.2) is 16.9 Å². The van der Waals surface area contributed by atoms with Crippen LogP contribution in [0.4, 0.5) is 5.95 Å². The van der Waals surface area contributed by atoms with E-state index in [1.54, 1.807) is 0 Å². The minimum Gasteiger partial charge on any atom is -0.336 e. The Morgan fingerprint density at radius 2 is 2.12 bits per heavy atom. The number of fused-ring (bicyclic) bond motifs is 1. The molecule has 3 rings (SSSR count). The van der Waals surface area contributed by atoms with Gasteiger partial charge in [0.15, 0.2) is 0 Å². The van der Waals surface area contributed by atoms with Crippen LogP contribution in [0.5, 0.6) is 0 Å². The van der Waals surface area contributed by atoms with Gasteiger partial charge in [-0.1, -0.05) is 0 Å². The van der Waals surface area contributed by atoms with Crippen LogP contribution >= 0.6 is 15.9 Å². The van der Waals surface area contributed by atoms with Crippen LogP contribution < -0.4 is 10.2 Å². The molecule has 86 valence electrons. The highest BCUT2D eigenvalue weighted by Crippen LogP contribution is 2.28. The average molecular weight is 283 g/mol. The van der Waals surface area contributed by atoms with E-state index in [0.29, 0.717) is 6.04 Å². The average Bonchev–Trinajstić information content (AvgIpc) is 2.78. The van der Waals surface area contributed by atoms with Gasteiger partial charge in [-0.25, -0.2) is 9.97 Å². The molecule has 1 N–H and O–H groups in total. The molecule has 2 fully saturated rings. The quantitative estimate of drug-likeness (QED) is 0.846. The third kappa shape index (κ3) is 1.82. The molecule has 0 saturated carbocycles. The zero-order chi connectivity index (χ0) is 11.0. The van der Waals surface area contributed by atoms with Gasteiger partial charge in [0.2, 0.25) is 5.95 Å². The molecule has 1 aromatic rings. The minimum absolute atomic E-state index is 0.593. The summed E-state index contributed by atoms with van der Waals surface area (Å²) in [5.41, 5.74) is 0. The zero-order valence-electron chi connectivity index (χ0n) is 9.06. The van der Waals surface area contributed by atoms with Gasteiger partial charge in [0, 0.05) is 38.1 Å². The lowest BCUT2D eigenvalue weighted by atomic mass is 9.92. The number of anilines is 1. The molecule has 1 aromatic heterocycles. The van der Waals surface area contributed by atoms with Crippen molar-refractivity contribution >= 4 is 21.9 Å². The van der Waals surface area contributed by atoms with Crippen LogP contribution in [-0.4, -0.2) is 35.6 Å². The molecule has 3 heterocycles. The van der Waals surface area contributed by atoms with Crippen molar-refractivity contribution in [3.05, 3.63) is 16.9 Å². The molecule has 0 bridgehead atoms. The Hall–Kier alpha value is -0.680. The molecule has 0 radical (unpaired) electrons. The van der Waals surface area contributed by atoms with E-state index in [2.05, 4.69) is 36.1 Å². The third-order valence-electron chi connectivity index (χ3n) is 3.54. The number of hydrogen-bond acceptors (Lipinski definition) is 4. The summed E-state index contributed by atoms with van der Waals surface area (Å²) in [4.78, 5) is 11.2. The van der Waals surface area contributed by atoms with Crippen LogP contribution in [-0.2, 0) is 0 Å². The molecule has 0 spiro atoms. The standard InChI is InChI=1S/C11H15BrN4/c12-9-5-14-11(15-6-9)16-3-1-2-8-4-13-7-10(8)16/h5-6,8,10,13H,1-4,7H2. The first kappa shape index (κ1) is 10.5. The molecule has 4 nitrogen and oxygen atoms in total. The number of halogens is 1. The van der Waals surface area contributed by atoms with Crippen molar-refractivity contribution in [2.75, 3.05) is 24.5 Å². The summed E-state index contributed by atoms with van der Waals surface area (Å²) in [5, 5.41) is 3.47. The van der Waals surface area contributed by atoms with E-state index >= 15 is 0 Å². The number of rotatable bonds is 1. The van der Waals surface area contributed by atoms with Gasteiger partial charge in [-0.15, -0.1) is 0 Å². The number of nitrogens with one attached hydrogen (secondary N) is 1. The molecule has 0 aromatic carbocycles. The van der Waals surface area contributed by atoms with E-state index in [-0.39, 0.29) is 0 Å². The number of nitrogens with zero attached hydrogens (tertiary/aromatic N) is 3. The smallest absolute Gasteiger partial charge is 0.225 e. The number of piperidine rings is 1. The predicted molar refractivity (Wildman–Crippen MR) is 66.5 cm³/mol. The molecule has 2 unspecified atom stereocenters. The second kappa shape index (κ2) is 4.30. The Morgan fingerprint density at radius 3 is 2.94 bits per heavy atom. The van der Waals surface area contributed by atoms with E-state index in [1.807, 2.05) is 12.4 Å². The SMILES string of the molecule is Brc1cnc(N2CCCC3CNCC32)nc1. The van der Waals surface area contributed by atoms with Gasteiger partial charge in [0.1, 0.15) is 0 Å². The van der Waals surface area contributed by atoms with E-state index < -0.39 is 0 Å². The molecule has 5 heteroatoms. The van der Waals surface area contributed by atoms with Crippen LogP contribution in [0.3, 0.4) is 0 Å². The maximum atomic E-state index is 4.40. The highest BCUT2D eigenvalue weighted by Gasteiger charge is 2.35. The second-order valence-corrected chi connectivity index (χ2v) is 5.44. The first-order chi connectivity index (χ1) is 7.84. The number of aromatic nitrogens is 2. The fourth-order valence-corrected chi connectivity index (χ4v) is 2.97. The van der Waals surface area contributed by atoms with Gasteiger partial charge in [-0.05, 0) is 34.7 Å². The Bertz CT molecular complexity index is 367. The van der Waals surface area contributed by atoms with Crippen LogP contribution in [0.25, 0.3) is 0 Å². The molecule has 2 aliphatic rings. The molecule has 2 aliphatic heterocycles. The third-order valence-corrected chi connectivity index (χ3v) is 3.95. The lowest BCUT2D eigenvalue weighted by Crippen LogP contribution is -2.46. The fraction of sp³-hybridized carbons (Fsp3) is 0.636. The second-order valence-electron chi connectivity index (χ2n) is 4.52. The molecular weight excluding hydrogens is 268 g/mol. The van der Waals surface area contributed by atoms with E-state index in [0.717, 1.165) is 36.0 Å². The van der Waals surface area contributed by atoms with Gasteiger partial charge in [0.25, 0.3) is 0 Å². The normalized spacial score (nSPS) is 29.2. The van der Waals surface area contributed by atoms with Crippen molar-refractivity contribution in [3.8, 4) is 0 Å². The molecule has 2 saturated heterocycles. The van der Waals surface area contributed by atoms with Crippen molar-refractivity contribution in [2.45, 2.75) is 18.9 Å². The van der Waals surface area contributed by atoms with Crippen molar-refractivity contribution in [1.82, 2.24) is 15.3 Å². The van der Waals surface area contributed by atoms with Gasteiger partial charge in [-0.2, -0.15) is 0 Å². The van der Waals surface area contributed by atoms with Crippen molar-refractivity contribution < 1.29 is 0 Å². The number of hydrogen-bond donors (Lipinski definition) is 1. The van der Waals surface area contributed by atoms with Gasteiger partial charge < -0.3 is 10.2 Å². The summed E-state index contributed by atoms with van der Waals surface area (Å²) in [6.07, 6.45) is 6.25. The van der Waals surface area contributed by atoms with Gasteiger partial charge >= 0.3 is 0 Å². The monoisotopic (exact) mass is 282 g/mol. The van der Waals surface area contributed by atoms with Crippen LogP contribution in [0.1, 0.15) is 12.8 Å². The maximum absolute atomic E-state index is 4.40. The minimum atomic E-state index is 0.593. The highest BCUT2D eigenvalue weighted by atomic mass is 79.9. The summed E-state index contributed by atoms with van der Waals surface area (Å²) in [7, 11) is 0. The molecule has 0 amide bonds. The van der Waals surface area contributed by atoms with Gasteiger partial charge in [0.05, 0.1) is 4.47 Å². The Labute approximate surface area is 104 Å². The lowest BCUT2D eigenvalue weighted by molar-refractivity contribution is 0.381. The summed E-state index contributed by atoms with van der Waals surface area (Å²) < 4.78 is 0.939. The first-order valence-corrected chi connectivity index (χ1v) is 6.59. The van der Waals surface area contributed by atoms with Crippen molar-refractivity contribution in [2.24, 2.45) is 5.92 Å². The maximum Gasteiger partial charge on any atom is 0.225 e. The molecular formula is C11H15BrN4. The summed E-state index contributed by atoms with van der Waals surface area (Å²) in [6, 6.07) is 0.593. The lowest BCUT2D eigenvalue weighted by Gasteiger charge is -2.36. The zero-order valence-corrected chi connectivity index (χ0v) is 10.7. The largest absolute Gasteiger partial charge is 0.336 e. The predicted octanol–water partition coefficient (Wildman–Crippen LogP) is 1.43. The Morgan fingerprint density at radius 1 is 1.31 bits per heavy atom. The van der Waals surface area contributed by atoms with Crippen LogP contribution in [0, 0.1) is 5.92 Å². The summed E-state index contributed by atoms with van der Waals surface area (Å²) >= 11 is 3.37. The Kier molecular flexibility index (Phi) is 2.81. The fourth-order valence-electron chi connectivity index (χ4n) is 2.77. The van der Waals surface area contributed by atoms with E-state index in [9.17, 15) is 0 Å². The van der Waals surface area contributed by atoms with Crippen molar-refractivity contribution in [1.29, 1.82) is 0 Å². The van der Waals surface area contributed by atoms with E-state index in [1.165, 1.54) is 12.8 Å². The van der Waals surface area contributed by atoms with Crippen LogP contribution in [0.2, 0.25) is 0 Å². The summed E-state index contributed by atoms with van der Waals surface area (Å²) in [6.45, 7) is 3.31. The Balaban J connectivity index is 1.85. The van der Waals surface area contributed by atoms with Gasteiger partial charge in [-0.3, -0.25) is 0 Å². The van der Waals surface area contributed by atoms with Crippen molar-refractivity contribution in [3.63, 3.8) is 0 Å². The van der Waals surface area contributed by atoms with E-state index in [4.69, 9.17) is 0 Å².